The lowest BCUT2D eigenvalue weighted by Gasteiger charge is -2.38. The van der Waals surface area contributed by atoms with E-state index in [9.17, 15) is 4.79 Å². The summed E-state index contributed by atoms with van der Waals surface area (Å²) in [7, 11) is 0. The molecule has 1 amide bonds. The van der Waals surface area contributed by atoms with Crippen molar-refractivity contribution in [3.63, 3.8) is 0 Å². The van der Waals surface area contributed by atoms with E-state index in [1.54, 1.807) is 6.20 Å². The molecule has 37 heavy (non-hydrogen) atoms. The largest absolute Gasteiger partial charge is 0.369 e. The number of benzene rings is 2. The number of hydrogen-bond donors (Lipinski definition) is 2. The molecule has 2 bridgehead atoms. The Labute approximate surface area is 219 Å². The van der Waals surface area contributed by atoms with E-state index >= 15 is 0 Å². The summed E-state index contributed by atoms with van der Waals surface area (Å²) < 4.78 is 0. The third-order valence-corrected chi connectivity index (χ3v) is 8.39. The van der Waals surface area contributed by atoms with Gasteiger partial charge in [-0.3, -0.25) is 9.69 Å². The van der Waals surface area contributed by atoms with Crippen LogP contribution in [0.25, 0.3) is 11.3 Å². The maximum absolute atomic E-state index is 11.2. The monoisotopic (exact) mass is 496 g/mol. The van der Waals surface area contributed by atoms with Gasteiger partial charge in [-0.25, -0.2) is 9.97 Å². The summed E-state index contributed by atoms with van der Waals surface area (Å²) in [4.78, 5) is 25.5. The average molecular weight is 497 g/mol. The van der Waals surface area contributed by atoms with Crippen LogP contribution < -0.4 is 15.5 Å². The standard InChI is InChI=1S/C30H36N6O/c1-21(37)32-26-6-4-23(5-7-26)29-12-13-31-30(34-29)33-27-8-10-28(11-9-27)36-16-14-35(15-17-36)20-25-19-22-2-3-24(25)18-22/h4-13,22,24-25H,2-3,14-20H2,1H3,(H,32,37)(H,31,33,34)/t22-,24+,25?/m0/s1. The van der Waals surface area contributed by atoms with Crippen LogP contribution in [0.3, 0.4) is 0 Å². The lowest BCUT2D eigenvalue weighted by Crippen LogP contribution is -2.48. The van der Waals surface area contributed by atoms with Crippen LogP contribution in [-0.4, -0.2) is 53.5 Å². The van der Waals surface area contributed by atoms with Crippen LogP contribution >= 0.6 is 0 Å². The molecule has 3 aromatic rings. The Kier molecular flexibility index (Phi) is 6.79. The predicted octanol–water partition coefficient (Wildman–Crippen LogP) is 5.40. The maximum atomic E-state index is 11.2. The number of amides is 1. The molecular formula is C30H36N6O. The van der Waals surface area contributed by atoms with Crippen molar-refractivity contribution in [2.45, 2.75) is 32.6 Å². The number of rotatable bonds is 7. The van der Waals surface area contributed by atoms with E-state index in [0.717, 1.165) is 53.5 Å². The highest BCUT2D eigenvalue weighted by molar-refractivity contribution is 5.88. The van der Waals surface area contributed by atoms with Crippen molar-refractivity contribution in [3.8, 4) is 11.3 Å². The Morgan fingerprint density at radius 2 is 1.68 bits per heavy atom. The van der Waals surface area contributed by atoms with E-state index in [1.807, 2.05) is 30.3 Å². The van der Waals surface area contributed by atoms with Crippen LogP contribution in [0.15, 0.2) is 60.8 Å². The van der Waals surface area contributed by atoms with Crippen molar-refractivity contribution < 1.29 is 4.79 Å². The van der Waals surface area contributed by atoms with Gasteiger partial charge in [-0.05, 0) is 79.5 Å². The van der Waals surface area contributed by atoms with Gasteiger partial charge < -0.3 is 15.5 Å². The molecule has 1 saturated heterocycles. The molecule has 2 aliphatic carbocycles. The minimum absolute atomic E-state index is 0.0830. The number of nitrogens with one attached hydrogen (secondary N) is 2. The van der Waals surface area contributed by atoms with Gasteiger partial charge in [0.2, 0.25) is 11.9 Å². The van der Waals surface area contributed by atoms with Crippen molar-refractivity contribution in [2.24, 2.45) is 17.8 Å². The molecule has 3 fully saturated rings. The topological polar surface area (TPSA) is 73.4 Å². The molecule has 2 heterocycles. The summed E-state index contributed by atoms with van der Waals surface area (Å²) in [5.41, 5.74) is 4.81. The molecule has 2 N–H and O–H groups in total. The van der Waals surface area contributed by atoms with E-state index in [4.69, 9.17) is 0 Å². The fourth-order valence-electron chi connectivity index (χ4n) is 6.51. The van der Waals surface area contributed by atoms with Gasteiger partial charge in [0.1, 0.15) is 0 Å². The van der Waals surface area contributed by atoms with Crippen LogP contribution in [0.4, 0.5) is 23.0 Å². The molecule has 1 aliphatic heterocycles. The number of piperazine rings is 1. The fraction of sp³-hybridized carbons (Fsp3) is 0.433. The van der Waals surface area contributed by atoms with Gasteiger partial charge in [0.05, 0.1) is 5.69 Å². The molecule has 1 unspecified atom stereocenters. The highest BCUT2D eigenvalue weighted by Crippen LogP contribution is 2.48. The normalized spacial score (nSPS) is 23.3. The summed E-state index contributed by atoms with van der Waals surface area (Å²) >= 11 is 0. The van der Waals surface area contributed by atoms with Gasteiger partial charge in [-0.15, -0.1) is 0 Å². The first kappa shape index (κ1) is 23.9. The first-order chi connectivity index (χ1) is 18.1. The highest BCUT2D eigenvalue weighted by Gasteiger charge is 2.40. The molecule has 2 saturated carbocycles. The van der Waals surface area contributed by atoms with Gasteiger partial charge in [-0.2, -0.15) is 0 Å². The summed E-state index contributed by atoms with van der Waals surface area (Å²) in [6, 6.07) is 18.1. The van der Waals surface area contributed by atoms with E-state index in [0.29, 0.717) is 5.95 Å². The van der Waals surface area contributed by atoms with Crippen LogP contribution in [0.2, 0.25) is 0 Å². The van der Waals surface area contributed by atoms with Crippen molar-refractivity contribution in [1.82, 2.24) is 14.9 Å². The molecular weight excluding hydrogens is 460 g/mol. The van der Waals surface area contributed by atoms with Gasteiger partial charge in [0.25, 0.3) is 0 Å². The van der Waals surface area contributed by atoms with Crippen molar-refractivity contribution >= 4 is 28.9 Å². The Hall–Kier alpha value is -3.45. The van der Waals surface area contributed by atoms with Crippen LogP contribution in [-0.2, 0) is 4.79 Å². The van der Waals surface area contributed by atoms with Crippen LogP contribution in [0.5, 0.6) is 0 Å². The Morgan fingerprint density at radius 1 is 0.919 bits per heavy atom. The van der Waals surface area contributed by atoms with Gasteiger partial charge in [-0.1, -0.05) is 18.6 Å². The summed E-state index contributed by atoms with van der Waals surface area (Å²) in [6.07, 6.45) is 7.73. The fourth-order valence-corrected chi connectivity index (χ4v) is 6.51. The zero-order valence-electron chi connectivity index (χ0n) is 21.6. The molecule has 1 aromatic heterocycles. The molecule has 0 radical (unpaired) electrons. The third-order valence-electron chi connectivity index (χ3n) is 8.39. The number of fused-ring (bicyclic) bond motifs is 2. The van der Waals surface area contributed by atoms with E-state index in [2.05, 4.69) is 54.7 Å². The van der Waals surface area contributed by atoms with Crippen molar-refractivity contribution in [1.29, 1.82) is 0 Å². The molecule has 192 valence electrons. The molecule has 6 rings (SSSR count). The molecule has 7 nitrogen and oxygen atoms in total. The molecule has 7 heteroatoms. The maximum Gasteiger partial charge on any atom is 0.227 e. The smallest absolute Gasteiger partial charge is 0.227 e. The van der Waals surface area contributed by atoms with Crippen LogP contribution in [0.1, 0.15) is 32.6 Å². The van der Waals surface area contributed by atoms with Crippen LogP contribution in [0, 0.1) is 17.8 Å². The van der Waals surface area contributed by atoms with E-state index in [1.165, 1.54) is 57.9 Å². The molecule has 2 aromatic carbocycles. The minimum atomic E-state index is -0.0830. The summed E-state index contributed by atoms with van der Waals surface area (Å²) in [5.74, 6) is 3.49. The molecule has 0 spiro atoms. The predicted molar refractivity (Wildman–Crippen MR) is 149 cm³/mol. The molecule has 3 aliphatic rings. The van der Waals surface area contributed by atoms with Gasteiger partial charge >= 0.3 is 0 Å². The first-order valence-corrected chi connectivity index (χ1v) is 13.6. The van der Waals surface area contributed by atoms with Crippen molar-refractivity contribution in [2.75, 3.05) is 48.3 Å². The van der Waals surface area contributed by atoms with Gasteiger partial charge in [0.15, 0.2) is 0 Å². The lowest BCUT2D eigenvalue weighted by molar-refractivity contribution is -0.114. The van der Waals surface area contributed by atoms with Crippen molar-refractivity contribution in [3.05, 3.63) is 60.8 Å². The number of anilines is 4. The van der Waals surface area contributed by atoms with Gasteiger partial charge in [0, 0.05) is 68.5 Å². The Balaban J connectivity index is 1.03. The number of carbonyl (C=O) groups is 1. The highest BCUT2D eigenvalue weighted by atomic mass is 16.1. The quantitative estimate of drug-likeness (QED) is 0.456. The van der Waals surface area contributed by atoms with E-state index in [-0.39, 0.29) is 5.91 Å². The second kappa shape index (κ2) is 10.5. The second-order valence-corrected chi connectivity index (χ2v) is 10.9. The second-order valence-electron chi connectivity index (χ2n) is 10.9. The van der Waals surface area contributed by atoms with E-state index < -0.39 is 0 Å². The lowest BCUT2D eigenvalue weighted by atomic mass is 9.88. The Morgan fingerprint density at radius 3 is 2.35 bits per heavy atom. The summed E-state index contributed by atoms with van der Waals surface area (Å²) in [5, 5.41) is 6.12. The number of nitrogens with zero attached hydrogens (tertiary/aromatic N) is 4. The molecule has 3 atom stereocenters. The number of hydrogen-bond acceptors (Lipinski definition) is 6. The zero-order valence-corrected chi connectivity index (χ0v) is 21.6. The summed E-state index contributed by atoms with van der Waals surface area (Å²) in [6.45, 7) is 7.35. The number of carbonyl (C=O) groups excluding carboxylic acids is 1. The Bertz CT molecular complexity index is 1220. The number of aromatic nitrogens is 2. The minimum Gasteiger partial charge on any atom is -0.369 e. The third kappa shape index (κ3) is 5.62. The average Bonchev–Trinajstić information content (AvgIpc) is 3.54. The SMILES string of the molecule is CC(=O)Nc1ccc(-c2ccnc(Nc3ccc(N4CCN(CC5C[C@H]6CC[C@@H]5C6)CC4)cc3)n2)cc1. The zero-order chi connectivity index (χ0) is 25.2. The first-order valence-electron chi connectivity index (χ1n) is 13.6.